The van der Waals surface area contributed by atoms with Gasteiger partial charge in [0.15, 0.2) is 5.96 Å². The molecule has 130 valence electrons. The van der Waals surface area contributed by atoms with E-state index in [4.69, 9.17) is 0 Å². The zero-order valence-electron chi connectivity index (χ0n) is 13.7. The summed E-state index contributed by atoms with van der Waals surface area (Å²) >= 11 is 1.77. The summed E-state index contributed by atoms with van der Waals surface area (Å²) in [5.74, 6) is 0.650. The standard InChI is InChI=1S/C18H22FN3S.HI/c1-20-17(21-10-7-16-6-3-11-23-16)22-13-18(8-9-18)14-4-2-5-15(19)12-14;/h2-6,11-12H,7-10,13H2,1H3,(H2,20,21,22);1H. The summed E-state index contributed by atoms with van der Waals surface area (Å²) in [5.41, 5.74) is 1.15. The van der Waals surface area contributed by atoms with Crippen LogP contribution < -0.4 is 10.6 Å². The third-order valence-electron chi connectivity index (χ3n) is 4.35. The van der Waals surface area contributed by atoms with Gasteiger partial charge < -0.3 is 10.6 Å². The highest BCUT2D eigenvalue weighted by molar-refractivity contribution is 14.0. The van der Waals surface area contributed by atoms with Crippen LogP contribution >= 0.6 is 35.3 Å². The average molecular weight is 459 g/mol. The van der Waals surface area contributed by atoms with Crippen molar-refractivity contribution in [3.8, 4) is 0 Å². The molecule has 1 fully saturated rings. The summed E-state index contributed by atoms with van der Waals surface area (Å²) in [6.45, 7) is 1.64. The van der Waals surface area contributed by atoms with Crippen LogP contribution in [-0.4, -0.2) is 26.1 Å². The van der Waals surface area contributed by atoms with Gasteiger partial charge in [-0.15, -0.1) is 35.3 Å². The molecule has 2 aromatic rings. The summed E-state index contributed by atoms with van der Waals surface area (Å²) in [7, 11) is 1.78. The van der Waals surface area contributed by atoms with Gasteiger partial charge >= 0.3 is 0 Å². The van der Waals surface area contributed by atoms with Crippen molar-refractivity contribution in [3.63, 3.8) is 0 Å². The lowest BCUT2D eigenvalue weighted by Crippen LogP contribution is -2.41. The highest BCUT2D eigenvalue weighted by atomic mass is 127. The Morgan fingerprint density at radius 2 is 2.08 bits per heavy atom. The van der Waals surface area contributed by atoms with E-state index in [2.05, 4.69) is 33.1 Å². The highest BCUT2D eigenvalue weighted by Gasteiger charge is 2.44. The second-order valence-electron chi connectivity index (χ2n) is 5.97. The largest absolute Gasteiger partial charge is 0.356 e. The Kier molecular flexibility index (Phi) is 7.03. The molecule has 1 aliphatic carbocycles. The van der Waals surface area contributed by atoms with E-state index in [0.717, 1.165) is 43.9 Å². The fourth-order valence-electron chi connectivity index (χ4n) is 2.77. The van der Waals surface area contributed by atoms with Gasteiger partial charge in [-0.2, -0.15) is 0 Å². The molecule has 1 aromatic carbocycles. The molecule has 0 amide bonds. The van der Waals surface area contributed by atoms with Crippen LogP contribution in [0.2, 0.25) is 0 Å². The lowest BCUT2D eigenvalue weighted by atomic mass is 9.96. The summed E-state index contributed by atoms with van der Waals surface area (Å²) in [5, 5.41) is 8.83. The van der Waals surface area contributed by atoms with Crippen LogP contribution in [0.3, 0.4) is 0 Å². The first-order valence-corrected chi connectivity index (χ1v) is 8.83. The molecular formula is C18H23FIN3S. The first-order chi connectivity index (χ1) is 11.2. The van der Waals surface area contributed by atoms with Crippen molar-refractivity contribution in [3.05, 3.63) is 58.0 Å². The van der Waals surface area contributed by atoms with Crippen molar-refractivity contribution in [1.82, 2.24) is 10.6 Å². The zero-order chi connectivity index (χ0) is 16.1. The maximum atomic E-state index is 13.4. The first kappa shape index (κ1) is 19.2. The van der Waals surface area contributed by atoms with E-state index in [1.807, 2.05) is 6.07 Å². The Hall–Kier alpha value is -1.15. The molecule has 1 aliphatic rings. The molecule has 2 N–H and O–H groups in total. The number of aliphatic imine (C=N–C) groups is 1. The fourth-order valence-corrected chi connectivity index (χ4v) is 3.48. The molecule has 24 heavy (non-hydrogen) atoms. The predicted molar refractivity (Wildman–Crippen MR) is 110 cm³/mol. The van der Waals surface area contributed by atoms with Gasteiger partial charge in [0, 0.05) is 30.4 Å². The van der Waals surface area contributed by atoms with Crippen LogP contribution in [0.25, 0.3) is 0 Å². The lowest BCUT2D eigenvalue weighted by molar-refractivity contribution is 0.607. The summed E-state index contributed by atoms with van der Waals surface area (Å²) in [6, 6.07) is 11.2. The van der Waals surface area contributed by atoms with Gasteiger partial charge in [-0.25, -0.2) is 4.39 Å². The number of hydrogen-bond acceptors (Lipinski definition) is 2. The number of hydrogen-bond donors (Lipinski definition) is 2. The summed E-state index contributed by atoms with van der Waals surface area (Å²) < 4.78 is 13.4. The molecule has 3 nitrogen and oxygen atoms in total. The molecular weight excluding hydrogens is 436 g/mol. The quantitative estimate of drug-likeness (QED) is 0.390. The Morgan fingerprint density at radius 1 is 1.25 bits per heavy atom. The molecule has 1 heterocycles. The Labute approximate surface area is 163 Å². The SMILES string of the molecule is CN=C(NCCc1cccs1)NCC1(c2cccc(F)c2)CC1.I. The number of nitrogens with zero attached hydrogens (tertiary/aromatic N) is 1. The van der Waals surface area contributed by atoms with E-state index < -0.39 is 0 Å². The third-order valence-corrected chi connectivity index (χ3v) is 5.29. The maximum absolute atomic E-state index is 13.4. The minimum atomic E-state index is -0.160. The highest BCUT2D eigenvalue weighted by Crippen LogP contribution is 2.47. The van der Waals surface area contributed by atoms with E-state index in [1.54, 1.807) is 30.5 Å². The molecule has 0 bridgehead atoms. The van der Waals surface area contributed by atoms with Gasteiger partial charge in [0.05, 0.1) is 0 Å². The van der Waals surface area contributed by atoms with Gasteiger partial charge in [0.1, 0.15) is 5.82 Å². The first-order valence-electron chi connectivity index (χ1n) is 7.95. The Bertz CT molecular complexity index is 669. The predicted octanol–water partition coefficient (Wildman–Crippen LogP) is 3.94. The van der Waals surface area contributed by atoms with E-state index in [0.29, 0.717) is 0 Å². The second-order valence-corrected chi connectivity index (χ2v) is 7.00. The Balaban J connectivity index is 0.00000208. The number of rotatable bonds is 6. The molecule has 0 unspecified atom stereocenters. The van der Waals surface area contributed by atoms with Crippen LogP contribution in [0, 0.1) is 5.82 Å². The van der Waals surface area contributed by atoms with Gasteiger partial charge in [0.2, 0.25) is 0 Å². The van der Waals surface area contributed by atoms with Gasteiger partial charge in [-0.3, -0.25) is 4.99 Å². The molecule has 3 rings (SSSR count). The van der Waals surface area contributed by atoms with Crippen molar-refractivity contribution in [1.29, 1.82) is 0 Å². The molecule has 0 atom stereocenters. The zero-order valence-corrected chi connectivity index (χ0v) is 16.9. The number of nitrogens with one attached hydrogen (secondary N) is 2. The van der Waals surface area contributed by atoms with E-state index in [9.17, 15) is 4.39 Å². The second kappa shape index (κ2) is 8.80. The third kappa shape index (κ3) is 4.92. The minimum absolute atomic E-state index is 0. The van der Waals surface area contributed by atoms with Crippen molar-refractivity contribution in [2.75, 3.05) is 20.1 Å². The summed E-state index contributed by atoms with van der Waals surface area (Å²) in [4.78, 5) is 5.64. The molecule has 1 saturated carbocycles. The molecule has 0 aliphatic heterocycles. The van der Waals surface area contributed by atoms with Crippen LogP contribution in [0.1, 0.15) is 23.3 Å². The maximum Gasteiger partial charge on any atom is 0.191 e. The van der Waals surface area contributed by atoms with Gasteiger partial charge in [0.25, 0.3) is 0 Å². The topological polar surface area (TPSA) is 36.4 Å². The van der Waals surface area contributed by atoms with Crippen LogP contribution in [-0.2, 0) is 11.8 Å². The van der Waals surface area contributed by atoms with Crippen molar-refractivity contribution in [2.24, 2.45) is 4.99 Å². The van der Waals surface area contributed by atoms with Crippen LogP contribution in [0.15, 0.2) is 46.8 Å². The molecule has 6 heteroatoms. The van der Waals surface area contributed by atoms with Gasteiger partial charge in [-0.05, 0) is 48.4 Å². The number of guanidine groups is 1. The molecule has 0 spiro atoms. The smallest absolute Gasteiger partial charge is 0.191 e. The van der Waals surface area contributed by atoms with Crippen molar-refractivity contribution >= 4 is 41.3 Å². The minimum Gasteiger partial charge on any atom is -0.356 e. The van der Waals surface area contributed by atoms with Crippen molar-refractivity contribution in [2.45, 2.75) is 24.7 Å². The molecule has 0 radical (unpaired) electrons. The number of thiophene rings is 1. The number of benzene rings is 1. The lowest BCUT2D eigenvalue weighted by Gasteiger charge is -2.19. The van der Waals surface area contributed by atoms with E-state index in [1.165, 1.54) is 10.9 Å². The summed E-state index contributed by atoms with van der Waals surface area (Å²) in [6.07, 6.45) is 3.18. The number of halogens is 2. The van der Waals surface area contributed by atoms with Crippen LogP contribution in [0.4, 0.5) is 4.39 Å². The van der Waals surface area contributed by atoms with Crippen LogP contribution in [0.5, 0.6) is 0 Å². The monoisotopic (exact) mass is 459 g/mol. The van der Waals surface area contributed by atoms with E-state index >= 15 is 0 Å². The molecule has 0 saturated heterocycles. The van der Waals surface area contributed by atoms with E-state index in [-0.39, 0.29) is 35.2 Å². The van der Waals surface area contributed by atoms with Gasteiger partial charge in [-0.1, -0.05) is 18.2 Å². The molecule has 1 aromatic heterocycles. The normalized spacial score (nSPS) is 15.5. The Morgan fingerprint density at radius 3 is 2.71 bits per heavy atom. The average Bonchev–Trinajstić information content (AvgIpc) is 3.18. The fraction of sp³-hybridized carbons (Fsp3) is 0.389. The van der Waals surface area contributed by atoms with Crippen molar-refractivity contribution < 1.29 is 4.39 Å².